The first kappa shape index (κ1) is 76.1. The van der Waals surface area contributed by atoms with E-state index in [2.05, 4.69) is 63.5 Å². The summed E-state index contributed by atoms with van der Waals surface area (Å²) in [5, 5.41) is 58.7. The highest BCUT2D eigenvalue weighted by atomic mass is 32.2. The van der Waals surface area contributed by atoms with Gasteiger partial charge in [-0.15, -0.1) is 0 Å². The Balaban J connectivity index is 3.40. The Labute approximate surface area is 499 Å². The van der Waals surface area contributed by atoms with E-state index in [-0.39, 0.29) is 75.3 Å². The van der Waals surface area contributed by atoms with Crippen LogP contribution in [0.4, 0.5) is 0 Å². The zero-order chi connectivity index (χ0) is 64.7. The number of aliphatic hydroxyl groups excluding tert-OH is 3. The van der Waals surface area contributed by atoms with Gasteiger partial charge in [-0.1, -0.05) is 27.7 Å². The predicted molar refractivity (Wildman–Crippen MR) is 314 cm³/mol. The number of nitrogens with zero attached hydrogens (tertiary/aromatic N) is 1. The first-order valence-corrected chi connectivity index (χ1v) is 29.8. The molecule has 12 amide bonds. The van der Waals surface area contributed by atoms with Crippen LogP contribution in [0.5, 0.6) is 0 Å². The molecular formula is C52H95N17O15S. The number of unbranched alkanes of at least 4 members (excludes halogenated alkanes) is 1. The number of thioether (sulfide) groups is 1. The molecule has 32 nitrogen and oxygen atoms in total. The minimum absolute atomic E-state index is 0.0299. The van der Waals surface area contributed by atoms with Crippen molar-refractivity contribution >= 4 is 88.6 Å². The average Bonchev–Trinajstić information content (AvgIpc) is 4.09. The minimum Gasteiger partial charge on any atom is -0.391 e. The van der Waals surface area contributed by atoms with Crippen LogP contribution in [0.25, 0.3) is 0 Å². The number of aliphatic imine (C=N–C) groups is 1. The summed E-state index contributed by atoms with van der Waals surface area (Å²) in [6.07, 6.45) is -1.10. The fourth-order valence-corrected chi connectivity index (χ4v) is 9.11. The highest BCUT2D eigenvalue weighted by Gasteiger charge is 2.37. The molecule has 1 fully saturated rings. The van der Waals surface area contributed by atoms with Gasteiger partial charge in [0, 0.05) is 6.54 Å². The number of guanidine groups is 1. The fraction of sp³-hybridized carbons (Fsp3) is 0.750. The number of carbonyl (C=O) groups excluding carboxylic acids is 12. The van der Waals surface area contributed by atoms with E-state index in [1.807, 2.05) is 6.26 Å². The van der Waals surface area contributed by atoms with E-state index in [9.17, 15) is 72.9 Å². The standard InChI is InChI=1S/C52H95N17O15S/c1-25(2)21-34(43(76)60-24-38(74)61-36(23-37(54)73)49(82)69-41(29(7)72)51(84)67-39(27(5)70)42(55)75)66-50(83)40(28(6)71)68-48(81)35(22-26(3)4)65-46(79)32(15-12-19-59-52(56)57)63-45(78)31(13-9-10-17-53)62-47(80)33(16-20-85-8)64-44(77)30-14-11-18-58-30/h25-36,39-41,58,70-72H,9-24,53H2,1-8H3,(H2,54,73)(H2,55,75)(H,60,76)(H,61,74)(H,62,80)(H,63,78)(H,64,77)(H,65,79)(H,66,83)(H,67,84)(H,68,81)(H,69,82)(H4,56,57,59)/t27-,28-,29-,30+,31+,32+,33+,34+,35+,36+,39+,40+,41+/m1/s1. The van der Waals surface area contributed by atoms with Gasteiger partial charge in [-0.25, -0.2) is 0 Å². The second-order valence-electron chi connectivity index (χ2n) is 21.8. The monoisotopic (exact) mass is 1230 g/mol. The van der Waals surface area contributed by atoms with Crippen molar-refractivity contribution in [3.05, 3.63) is 0 Å². The molecule has 0 saturated carbocycles. The molecule has 1 aliphatic heterocycles. The number of carbonyl (C=O) groups is 12. The Morgan fingerprint density at radius 2 is 0.988 bits per heavy atom. The number of rotatable bonds is 41. The van der Waals surface area contributed by atoms with Gasteiger partial charge in [0.1, 0.15) is 54.4 Å². The number of hydrogen-bond acceptors (Lipinski definition) is 19. The van der Waals surface area contributed by atoms with Crippen molar-refractivity contribution in [3.63, 3.8) is 0 Å². The van der Waals surface area contributed by atoms with Gasteiger partial charge < -0.3 is 102 Å². The zero-order valence-corrected chi connectivity index (χ0v) is 50.8. The third-order valence-electron chi connectivity index (χ3n) is 13.2. The van der Waals surface area contributed by atoms with Crippen molar-refractivity contribution in [1.82, 2.24) is 58.5 Å². The summed E-state index contributed by atoms with van der Waals surface area (Å²) < 4.78 is 0. The van der Waals surface area contributed by atoms with E-state index in [4.69, 9.17) is 28.7 Å². The molecular weight excluding hydrogens is 1130 g/mol. The van der Waals surface area contributed by atoms with E-state index < -0.39 is 157 Å². The third kappa shape index (κ3) is 29.6. The highest BCUT2D eigenvalue weighted by Crippen LogP contribution is 2.13. The summed E-state index contributed by atoms with van der Waals surface area (Å²) in [7, 11) is 0. The third-order valence-corrected chi connectivity index (χ3v) is 13.8. The highest BCUT2D eigenvalue weighted by molar-refractivity contribution is 7.98. The zero-order valence-electron chi connectivity index (χ0n) is 50.0. The molecule has 1 saturated heterocycles. The quantitative estimate of drug-likeness (QED) is 0.0154. The molecule has 24 N–H and O–H groups in total. The fourth-order valence-electron chi connectivity index (χ4n) is 8.64. The molecule has 0 aliphatic carbocycles. The molecule has 0 aromatic carbocycles. The molecule has 0 radical (unpaired) electrons. The molecule has 484 valence electrons. The van der Waals surface area contributed by atoms with Crippen molar-refractivity contribution in [2.45, 2.75) is 198 Å². The van der Waals surface area contributed by atoms with Gasteiger partial charge in [0.25, 0.3) is 0 Å². The van der Waals surface area contributed by atoms with Crippen molar-refractivity contribution in [1.29, 1.82) is 0 Å². The van der Waals surface area contributed by atoms with Crippen molar-refractivity contribution in [3.8, 4) is 0 Å². The van der Waals surface area contributed by atoms with Gasteiger partial charge >= 0.3 is 0 Å². The molecule has 33 heteroatoms. The lowest BCUT2D eigenvalue weighted by Gasteiger charge is -2.29. The maximum absolute atomic E-state index is 14.3. The van der Waals surface area contributed by atoms with Crippen LogP contribution in [0.1, 0.15) is 119 Å². The van der Waals surface area contributed by atoms with E-state index in [1.165, 1.54) is 18.7 Å². The van der Waals surface area contributed by atoms with Crippen LogP contribution in [0.3, 0.4) is 0 Å². The first-order valence-electron chi connectivity index (χ1n) is 28.4. The van der Waals surface area contributed by atoms with E-state index >= 15 is 0 Å². The van der Waals surface area contributed by atoms with Crippen molar-refractivity contribution in [2.24, 2.45) is 45.5 Å². The number of amides is 12. The molecule has 85 heavy (non-hydrogen) atoms. The number of nitrogens with two attached hydrogens (primary N) is 5. The lowest BCUT2D eigenvalue weighted by atomic mass is 10.00. The van der Waals surface area contributed by atoms with Crippen LogP contribution in [0.2, 0.25) is 0 Å². The van der Waals surface area contributed by atoms with Crippen LogP contribution in [0.15, 0.2) is 4.99 Å². The maximum Gasteiger partial charge on any atom is 0.245 e. The minimum atomic E-state index is -1.81. The van der Waals surface area contributed by atoms with Crippen LogP contribution in [-0.4, -0.2) is 209 Å². The second kappa shape index (κ2) is 39.6. The van der Waals surface area contributed by atoms with Gasteiger partial charge in [0.05, 0.1) is 37.3 Å². The van der Waals surface area contributed by atoms with Gasteiger partial charge in [0.2, 0.25) is 70.9 Å². The summed E-state index contributed by atoms with van der Waals surface area (Å²) in [5.41, 5.74) is 27.4. The number of primary amides is 2. The summed E-state index contributed by atoms with van der Waals surface area (Å²) in [6.45, 7) is 10.4. The lowest BCUT2D eigenvalue weighted by Crippen LogP contribution is -2.62. The molecule has 0 aromatic rings. The molecule has 1 rings (SSSR count). The van der Waals surface area contributed by atoms with E-state index in [0.717, 1.165) is 20.3 Å². The van der Waals surface area contributed by atoms with Gasteiger partial charge in [-0.3, -0.25) is 62.5 Å². The normalized spacial score (nSPS) is 17.2. The Morgan fingerprint density at radius 1 is 0.541 bits per heavy atom. The van der Waals surface area contributed by atoms with Gasteiger partial charge in [0.15, 0.2) is 5.96 Å². The molecule has 1 aliphatic rings. The molecule has 0 bridgehead atoms. The summed E-state index contributed by atoms with van der Waals surface area (Å²) in [6, 6.07) is -13.8. The number of nitrogens with one attached hydrogen (secondary N) is 11. The Hall–Kier alpha value is -6.94. The average molecular weight is 1230 g/mol. The summed E-state index contributed by atoms with van der Waals surface area (Å²) in [4.78, 5) is 164. The van der Waals surface area contributed by atoms with Crippen LogP contribution in [-0.2, 0) is 57.5 Å². The Kier molecular flexibility index (Phi) is 35.5. The molecule has 13 atom stereocenters. The summed E-state index contributed by atoms with van der Waals surface area (Å²) >= 11 is 1.46. The van der Waals surface area contributed by atoms with E-state index in [1.54, 1.807) is 27.7 Å². The van der Waals surface area contributed by atoms with Gasteiger partial charge in [-0.2, -0.15) is 11.8 Å². The first-order chi connectivity index (χ1) is 39.8. The van der Waals surface area contributed by atoms with Crippen LogP contribution in [0, 0.1) is 11.8 Å². The number of aliphatic hydroxyl groups is 3. The predicted octanol–water partition coefficient (Wildman–Crippen LogP) is -7.25. The smallest absolute Gasteiger partial charge is 0.245 e. The SMILES string of the molecule is CSCC[C@H](NC(=O)[C@@H]1CCCN1)C(=O)N[C@@H](CCCCN)C(=O)N[C@@H](CCCN=C(N)N)C(=O)N[C@@H](CC(C)C)C(=O)N[C@H](C(=O)N[C@@H](CC(C)C)C(=O)NCC(=O)N[C@@H](CC(N)=O)C(=O)N[C@H](C(=O)N[C@H](C(N)=O)[C@@H](C)O)[C@@H](C)O)[C@@H](C)O. The van der Waals surface area contributed by atoms with E-state index in [0.29, 0.717) is 31.6 Å². The molecule has 0 aromatic heterocycles. The second-order valence-corrected chi connectivity index (χ2v) is 22.8. The van der Waals surface area contributed by atoms with Crippen molar-refractivity contribution in [2.75, 3.05) is 38.2 Å². The number of hydrogen-bond donors (Lipinski definition) is 19. The van der Waals surface area contributed by atoms with Crippen LogP contribution < -0.4 is 87.2 Å². The largest absolute Gasteiger partial charge is 0.391 e. The van der Waals surface area contributed by atoms with Crippen molar-refractivity contribution < 1.29 is 72.9 Å². The molecule has 0 spiro atoms. The Bertz CT molecular complexity index is 2270. The van der Waals surface area contributed by atoms with Gasteiger partial charge in [-0.05, 0) is 122 Å². The van der Waals surface area contributed by atoms with Crippen LogP contribution >= 0.6 is 11.8 Å². The summed E-state index contributed by atoms with van der Waals surface area (Å²) in [5.74, 6) is -11.5. The Morgan fingerprint density at radius 3 is 1.44 bits per heavy atom. The molecule has 0 unspecified atom stereocenters. The maximum atomic E-state index is 14.3. The topological polar surface area (TPSA) is 540 Å². The lowest BCUT2D eigenvalue weighted by molar-refractivity contribution is -0.137. The molecule has 1 heterocycles.